The third-order valence-electron chi connectivity index (χ3n) is 3.01. The molecular formula is C13H13FN6O2. The van der Waals surface area contributed by atoms with E-state index >= 15 is 0 Å². The zero-order valence-corrected chi connectivity index (χ0v) is 11.7. The van der Waals surface area contributed by atoms with Crippen molar-refractivity contribution in [1.82, 2.24) is 25.0 Å². The highest BCUT2D eigenvalue weighted by atomic mass is 19.1. The van der Waals surface area contributed by atoms with Gasteiger partial charge in [0.15, 0.2) is 0 Å². The van der Waals surface area contributed by atoms with E-state index < -0.39 is 5.91 Å². The van der Waals surface area contributed by atoms with Crippen LogP contribution < -0.4 is 5.73 Å². The maximum absolute atomic E-state index is 13.1. The van der Waals surface area contributed by atoms with E-state index in [1.807, 2.05) is 11.9 Å². The van der Waals surface area contributed by atoms with Gasteiger partial charge in [-0.3, -0.25) is 9.69 Å². The molecule has 22 heavy (non-hydrogen) atoms. The number of primary amides is 1. The lowest BCUT2D eigenvalue weighted by atomic mass is 10.3. The number of nitrogens with one attached hydrogen (secondary N) is 1. The number of nitrogens with zero attached hydrogens (tertiary/aromatic N) is 4. The second kappa shape index (κ2) is 5.53. The summed E-state index contributed by atoms with van der Waals surface area (Å²) in [5, 5.41) is 3.47. The van der Waals surface area contributed by atoms with Crippen LogP contribution in [0.5, 0.6) is 0 Å². The van der Waals surface area contributed by atoms with Crippen LogP contribution in [-0.4, -0.2) is 38.0 Å². The summed E-state index contributed by atoms with van der Waals surface area (Å²) in [6.45, 7) is 0.788. The van der Waals surface area contributed by atoms with Crippen LogP contribution in [0.4, 0.5) is 4.39 Å². The van der Waals surface area contributed by atoms with Gasteiger partial charge in [0.2, 0.25) is 5.89 Å². The van der Waals surface area contributed by atoms with Crippen LogP contribution in [0.25, 0.3) is 11.0 Å². The van der Waals surface area contributed by atoms with Crippen molar-refractivity contribution < 1.29 is 13.7 Å². The number of carbonyl (C=O) groups is 1. The number of aromatic amines is 1. The van der Waals surface area contributed by atoms with Gasteiger partial charge in [-0.25, -0.2) is 9.37 Å². The highest BCUT2D eigenvalue weighted by molar-refractivity contribution is 5.88. The molecule has 3 rings (SSSR count). The third-order valence-corrected chi connectivity index (χ3v) is 3.01. The molecule has 1 aromatic carbocycles. The fraction of sp³-hybridized carbons (Fsp3) is 0.231. The van der Waals surface area contributed by atoms with Crippen LogP contribution in [0.15, 0.2) is 22.7 Å². The number of benzene rings is 1. The Labute approximate surface area is 124 Å². The zero-order chi connectivity index (χ0) is 15.7. The maximum atomic E-state index is 13.1. The number of hydrogen-bond acceptors (Lipinski definition) is 6. The van der Waals surface area contributed by atoms with Crippen LogP contribution in [-0.2, 0) is 13.1 Å². The van der Waals surface area contributed by atoms with Crippen molar-refractivity contribution in [1.29, 1.82) is 0 Å². The van der Waals surface area contributed by atoms with E-state index in [0.29, 0.717) is 29.9 Å². The van der Waals surface area contributed by atoms with Crippen molar-refractivity contribution in [3.8, 4) is 0 Å². The number of H-pyrrole nitrogens is 1. The predicted octanol–water partition coefficient (Wildman–Crippen LogP) is 0.816. The summed E-state index contributed by atoms with van der Waals surface area (Å²) in [5.41, 5.74) is 6.38. The summed E-state index contributed by atoms with van der Waals surface area (Å²) in [6.07, 6.45) is 0. The number of carbonyl (C=O) groups excluding carboxylic acids is 1. The molecule has 3 aromatic rings. The molecule has 3 N–H and O–H groups in total. The number of nitrogens with two attached hydrogens (primary N) is 1. The topological polar surface area (TPSA) is 114 Å². The smallest absolute Gasteiger partial charge is 0.290 e. The number of amides is 1. The maximum Gasteiger partial charge on any atom is 0.290 e. The highest BCUT2D eigenvalue weighted by Gasteiger charge is 2.14. The Hall–Kier alpha value is -2.81. The van der Waals surface area contributed by atoms with Crippen LogP contribution in [0.2, 0.25) is 0 Å². The minimum atomic E-state index is -0.739. The Morgan fingerprint density at radius 3 is 2.95 bits per heavy atom. The summed E-state index contributed by atoms with van der Waals surface area (Å²) in [6, 6.07) is 4.37. The number of fused-ring (bicyclic) bond motifs is 1. The van der Waals surface area contributed by atoms with E-state index in [9.17, 15) is 9.18 Å². The van der Waals surface area contributed by atoms with Gasteiger partial charge in [0.25, 0.3) is 11.7 Å². The first-order valence-corrected chi connectivity index (χ1v) is 6.46. The molecule has 0 aliphatic heterocycles. The first-order valence-electron chi connectivity index (χ1n) is 6.46. The van der Waals surface area contributed by atoms with Crippen LogP contribution >= 0.6 is 0 Å². The molecule has 2 heterocycles. The van der Waals surface area contributed by atoms with E-state index in [0.717, 1.165) is 0 Å². The minimum Gasteiger partial charge on any atom is -0.363 e. The SMILES string of the molecule is CN(Cc1nc2ccc(F)cc2[nH]1)Cc1nc(C(N)=O)no1. The molecule has 0 saturated carbocycles. The highest BCUT2D eigenvalue weighted by Crippen LogP contribution is 2.14. The predicted molar refractivity (Wildman–Crippen MR) is 74.0 cm³/mol. The Morgan fingerprint density at radius 1 is 1.41 bits per heavy atom. The van der Waals surface area contributed by atoms with Crippen molar-refractivity contribution in [2.75, 3.05) is 7.05 Å². The van der Waals surface area contributed by atoms with Gasteiger partial charge in [-0.05, 0) is 25.2 Å². The third kappa shape index (κ3) is 2.93. The van der Waals surface area contributed by atoms with E-state index in [1.54, 1.807) is 6.07 Å². The zero-order valence-electron chi connectivity index (χ0n) is 11.7. The van der Waals surface area contributed by atoms with Crippen molar-refractivity contribution in [3.05, 3.63) is 41.6 Å². The molecule has 0 fully saturated rings. The Morgan fingerprint density at radius 2 is 2.23 bits per heavy atom. The molecule has 8 nitrogen and oxygen atoms in total. The molecular weight excluding hydrogens is 291 g/mol. The molecule has 0 atom stereocenters. The van der Waals surface area contributed by atoms with Gasteiger partial charge in [0, 0.05) is 0 Å². The van der Waals surface area contributed by atoms with E-state index in [4.69, 9.17) is 10.3 Å². The average molecular weight is 304 g/mol. The van der Waals surface area contributed by atoms with E-state index in [1.165, 1.54) is 12.1 Å². The van der Waals surface area contributed by atoms with Crippen LogP contribution in [0.3, 0.4) is 0 Å². The average Bonchev–Trinajstić information content (AvgIpc) is 3.04. The lowest BCUT2D eigenvalue weighted by Crippen LogP contribution is -2.18. The molecule has 0 radical (unpaired) electrons. The summed E-state index contributed by atoms with van der Waals surface area (Å²) in [4.78, 5) is 24.0. The summed E-state index contributed by atoms with van der Waals surface area (Å²) in [5.74, 6) is -0.253. The lowest BCUT2D eigenvalue weighted by Gasteiger charge is -2.11. The van der Waals surface area contributed by atoms with Crippen molar-refractivity contribution in [2.45, 2.75) is 13.1 Å². The van der Waals surface area contributed by atoms with Gasteiger partial charge in [0.05, 0.1) is 24.1 Å². The normalized spacial score (nSPS) is 11.4. The Kier molecular flexibility index (Phi) is 3.55. The fourth-order valence-corrected chi connectivity index (χ4v) is 2.07. The van der Waals surface area contributed by atoms with Gasteiger partial charge >= 0.3 is 0 Å². The molecule has 0 saturated heterocycles. The molecule has 9 heteroatoms. The minimum absolute atomic E-state index is 0.150. The second-order valence-corrected chi connectivity index (χ2v) is 4.89. The summed E-state index contributed by atoms with van der Waals surface area (Å²) >= 11 is 0. The van der Waals surface area contributed by atoms with Crippen LogP contribution in [0.1, 0.15) is 22.3 Å². The first-order chi connectivity index (χ1) is 10.5. The Bertz CT molecular complexity index is 827. The quantitative estimate of drug-likeness (QED) is 0.721. The fourth-order valence-electron chi connectivity index (χ4n) is 2.07. The molecule has 0 unspecified atom stereocenters. The van der Waals surface area contributed by atoms with Crippen LogP contribution in [0, 0.1) is 5.82 Å². The summed E-state index contributed by atoms with van der Waals surface area (Å²) in [7, 11) is 1.82. The number of imidazole rings is 1. The molecule has 0 bridgehead atoms. The van der Waals surface area contributed by atoms with Gasteiger partial charge in [-0.1, -0.05) is 5.16 Å². The van der Waals surface area contributed by atoms with Crippen molar-refractivity contribution >= 4 is 16.9 Å². The molecule has 114 valence electrons. The second-order valence-electron chi connectivity index (χ2n) is 4.89. The number of aromatic nitrogens is 4. The molecule has 0 aliphatic rings. The number of hydrogen-bond donors (Lipinski definition) is 2. The van der Waals surface area contributed by atoms with E-state index in [-0.39, 0.29) is 17.5 Å². The lowest BCUT2D eigenvalue weighted by molar-refractivity contribution is 0.0987. The summed E-state index contributed by atoms with van der Waals surface area (Å²) < 4.78 is 18.1. The molecule has 0 spiro atoms. The van der Waals surface area contributed by atoms with Crippen molar-refractivity contribution in [3.63, 3.8) is 0 Å². The van der Waals surface area contributed by atoms with Gasteiger partial charge in [0.1, 0.15) is 11.6 Å². The monoisotopic (exact) mass is 304 g/mol. The molecule has 1 amide bonds. The van der Waals surface area contributed by atoms with E-state index in [2.05, 4.69) is 20.1 Å². The van der Waals surface area contributed by atoms with Crippen molar-refractivity contribution in [2.24, 2.45) is 5.73 Å². The first kappa shape index (κ1) is 14.1. The largest absolute Gasteiger partial charge is 0.363 e. The van der Waals surface area contributed by atoms with Gasteiger partial charge < -0.3 is 15.2 Å². The van der Waals surface area contributed by atoms with Gasteiger partial charge in [-0.15, -0.1) is 0 Å². The Balaban J connectivity index is 1.69. The molecule has 0 aliphatic carbocycles. The molecule has 2 aromatic heterocycles. The number of rotatable bonds is 5. The number of halogens is 1. The standard InChI is InChI=1S/C13H13FN6O2/c1-20(6-11-18-13(12(15)21)19-22-11)5-10-16-8-3-2-7(14)4-9(8)17-10/h2-4H,5-6H2,1H3,(H2,15,21)(H,16,17). The van der Waals surface area contributed by atoms with Gasteiger partial charge in [-0.2, -0.15) is 4.98 Å².